The van der Waals surface area contributed by atoms with E-state index in [0.717, 1.165) is 24.8 Å². The highest BCUT2D eigenvalue weighted by molar-refractivity contribution is 7.13. The topological polar surface area (TPSA) is 17.1 Å². The van der Waals surface area contributed by atoms with Crippen molar-refractivity contribution < 1.29 is 4.79 Å². The Hall–Kier alpha value is -0.890. The van der Waals surface area contributed by atoms with Gasteiger partial charge in [0, 0.05) is 15.3 Å². The lowest BCUT2D eigenvalue weighted by Gasteiger charge is -2.29. The highest BCUT2D eigenvalue weighted by Crippen LogP contribution is 2.47. The number of allylic oxidation sites excluding steroid dienone is 2. The zero-order valence-corrected chi connectivity index (χ0v) is 14.6. The molecule has 114 valence electrons. The van der Waals surface area contributed by atoms with Crippen LogP contribution in [0.15, 0.2) is 5.57 Å². The first-order valence-corrected chi connectivity index (χ1v) is 9.11. The molecule has 0 aliphatic heterocycles. The molecule has 0 radical (unpaired) electrons. The minimum Gasteiger partial charge on any atom is -0.294 e. The van der Waals surface area contributed by atoms with Crippen molar-refractivity contribution in [2.24, 2.45) is 5.41 Å². The molecular formula is C19H26OS. The molecule has 0 saturated carbocycles. The van der Waals surface area contributed by atoms with E-state index in [2.05, 4.69) is 20.8 Å². The molecule has 0 bridgehead atoms. The molecule has 0 N–H and O–H groups in total. The normalized spacial score (nSPS) is 20.8. The van der Waals surface area contributed by atoms with Crippen LogP contribution in [0, 0.1) is 5.41 Å². The first-order valence-electron chi connectivity index (χ1n) is 8.29. The van der Waals surface area contributed by atoms with E-state index in [9.17, 15) is 4.79 Å². The van der Waals surface area contributed by atoms with E-state index < -0.39 is 0 Å². The highest BCUT2D eigenvalue weighted by Gasteiger charge is 2.33. The number of hydrogen-bond acceptors (Lipinski definition) is 2. The third-order valence-corrected chi connectivity index (χ3v) is 6.51. The molecule has 1 nitrogen and oxygen atoms in total. The van der Waals surface area contributed by atoms with Crippen LogP contribution >= 0.6 is 11.3 Å². The molecule has 3 rings (SSSR count). The number of Topliss-reactive ketones (excluding diaryl/α,β-unsaturated/α-hetero) is 1. The number of hydrogen-bond donors (Lipinski definition) is 0. The van der Waals surface area contributed by atoms with Gasteiger partial charge in [-0.1, -0.05) is 26.3 Å². The average molecular weight is 302 g/mol. The van der Waals surface area contributed by atoms with Gasteiger partial charge >= 0.3 is 0 Å². The second kappa shape index (κ2) is 5.39. The Balaban J connectivity index is 2.15. The Morgan fingerprint density at radius 3 is 2.67 bits per heavy atom. The molecule has 0 unspecified atom stereocenters. The van der Waals surface area contributed by atoms with E-state index >= 15 is 0 Å². The molecule has 0 saturated heterocycles. The Morgan fingerprint density at radius 1 is 1.24 bits per heavy atom. The van der Waals surface area contributed by atoms with E-state index in [0.29, 0.717) is 5.41 Å². The van der Waals surface area contributed by atoms with Crippen LogP contribution in [0.5, 0.6) is 0 Å². The molecule has 1 aromatic rings. The lowest BCUT2D eigenvalue weighted by Crippen LogP contribution is -2.22. The maximum atomic E-state index is 12.3. The number of carbonyl (C=O) groups is 1. The van der Waals surface area contributed by atoms with Gasteiger partial charge in [0.2, 0.25) is 0 Å². The van der Waals surface area contributed by atoms with Crippen LogP contribution in [-0.2, 0) is 12.8 Å². The Labute approximate surface area is 132 Å². The minimum atomic E-state index is 0.273. The summed E-state index contributed by atoms with van der Waals surface area (Å²) in [6, 6.07) is 0. The van der Waals surface area contributed by atoms with Crippen molar-refractivity contribution in [2.45, 2.75) is 72.6 Å². The Bertz CT molecular complexity index is 616. The summed E-state index contributed by atoms with van der Waals surface area (Å²) in [4.78, 5) is 15.2. The summed E-state index contributed by atoms with van der Waals surface area (Å²) in [6.45, 7) is 8.69. The molecule has 2 aliphatic carbocycles. The predicted molar refractivity (Wildman–Crippen MR) is 91.2 cm³/mol. The number of ketones is 1. The SMILES string of the molecule is CCC1=C(c2sc3c(c2C(C)=O)CC(C)(C)CC3)CCC1. The number of thiophene rings is 1. The van der Waals surface area contributed by atoms with Gasteiger partial charge in [-0.2, -0.15) is 0 Å². The van der Waals surface area contributed by atoms with Gasteiger partial charge in [-0.25, -0.2) is 0 Å². The van der Waals surface area contributed by atoms with Crippen LogP contribution in [0.1, 0.15) is 85.5 Å². The van der Waals surface area contributed by atoms with Gasteiger partial charge in [0.1, 0.15) is 0 Å². The van der Waals surface area contributed by atoms with E-state index in [1.807, 2.05) is 11.3 Å². The zero-order valence-electron chi connectivity index (χ0n) is 13.8. The molecule has 2 heteroatoms. The first kappa shape index (κ1) is 15.0. The number of rotatable bonds is 3. The van der Waals surface area contributed by atoms with Crippen molar-refractivity contribution in [2.75, 3.05) is 0 Å². The summed E-state index contributed by atoms with van der Waals surface area (Å²) in [5.74, 6) is 0.273. The van der Waals surface area contributed by atoms with Gasteiger partial charge in [-0.05, 0) is 68.4 Å². The maximum absolute atomic E-state index is 12.3. The molecule has 1 aromatic heterocycles. The monoisotopic (exact) mass is 302 g/mol. The Kier molecular flexibility index (Phi) is 3.85. The van der Waals surface area contributed by atoms with Crippen LogP contribution in [0.25, 0.3) is 5.57 Å². The maximum Gasteiger partial charge on any atom is 0.161 e. The lowest BCUT2D eigenvalue weighted by atomic mass is 9.75. The van der Waals surface area contributed by atoms with Crippen molar-refractivity contribution in [1.29, 1.82) is 0 Å². The van der Waals surface area contributed by atoms with Gasteiger partial charge in [-0.15, -0.1) is 11.3 Å². The quantitative estimate of drug-likeness (QED) is 0.644. The average Bonchev–Trinajstić information content (AvgIpc) is 2.99. The summed E-state index contributed by atoms with van der Waals surface area (Å²) in [6.07, 6.45) is 8.29. The van der Waals surface area contributed by atoms with Crippen LogP contribution in [-0.4, -0.2) is 5.78 Å². The third kappa shape index (κ3) is 2.63. The number of carbonyl (C=O) groups excluding carboxylic acids is 1. The fourth-order valence-corrected chi connectivity index (χ4v) is 5.46. The molecule has 2 aliphatic rings. The van der Waals surface area contributed by atoms with Crippen molar-refractivity contribution in [3.8, 4) is 0 Å². The summed E-state index contributed by atoms with van der Waals surface area (Å²) in [5.41, 5.74) is 5.90. The second-order valence-electron chi connectivity index (χ2n) is 7.39. The van der Waals surface area contributed by atoms with Crippen LogP contribution in [0.3, 0.4) is 0 Å². The van der Waals surface area contributed by atoms with E-state index in [1.54, 1.807) is 12.5 Å². The molecule has 0 fully saturated rings. The largest absolute Gasteiger partial charge is 0.294 e. The molecule has 1 heterocycles. The lowest BCUT2D eigenvalue weighted by molar-refractivity contribution is 0.101. The second-order valence-corrected chi connectivity index (χ2v) is 8.50. The van der Waals surface area contributed by atoms with Crippen molar-refractivity contribution >= 4 is 22.7 Å². The standard InChI is InChI=1S/C19H26OS/c1-5-13-7-6-8-14(13)18-17(12(2)20)15-11-19(3,4)10-9-16(15)21-18/h5-11H2,1-4H3. The molecule has 0 amide bonds. The summed E-state index contributed by atoms with van der Waals surface area (Å²) in [5, 5.41) is 0. The van der Waals surface area contributed by atoms with Gasteiger partial charge < -0.3 is 0 Å². The first-order chi connectivity index (χ1) is 9.93. The van der Waals surface area contributed by atoms with Crippen LogP contribution in [0.2, 0.25) is 0 Å². The summed E-state index contributed by atoms with van der Waals surface area (Å²) in [7, 11) is 0. The number of fused-ring (bicyclic) bond motifs is 1. The van der Waals surface area contributed by atoms with E-state index in [1.165, 1.54) is 46.6 Å². The van der Waals surface area contributed by atoms with Crippen molar-refractivity contribution in [3.63, 3.8) is 0 Å². The smallest absolute Gasteiger partial charge is 0.161 e. The minimum absolute atomic E-state index is 0.273. The van der Waals surface area contributed by atoms with Gasteiger partial charge in [0.15, 0.2) is 5.78 Å². The van der Waals surface area contributed by atoms with Crippen LogP contribution in [0.4, 0.5) is 0 Å². The third-order valence-electron chi connectivity index (χ3n) is 5.16. The van der Waals surface area contributed by atoms with Crippen molar-refractivity contribution in [1.82, 2.24) is 0 Å². The number of aryl methyl sites for hydroxylation is 1. The summed E-state index contributed by atoms with van der Waals surface area (Å²) < 4.78 is 0. The van der Waals surface area contributed by atoms with E-state index in [-0.39, 0.29) is 5.78 Å². The van der Waals surface area contributed by atoms with Gasteiger partial charge in [-0.3, -0.25) is 4.79 Å². The van der Waals surface area contributed by atoms with E-state index in [4.69, 9.17) is 0 Å². The fourth-order valence-electron chi connectivity index (χ4n) is 3.98. The zero-order chi connectivity index (χ0) is 15.2. The van der Waals surface area contributed by atoms with Gasteiger partial charge in [0.25, 0.3) is 0 Å². The molecule has 0 aromatic carbocycles. The molecule has 21 heavy (non-hydrogen) atoms. The Morgan fingerprint density at radius 2 is 2.00 bits per heavy atom. The molecule has 0 atom stereocenters. The summed E-state index contributed by atoms with van der Waals surface area (Å²) >= 11 is 1.93. The van der Waals surface area contributed by atoms with Crippen LogP contribution < -0.4 is 0 Å². The molecule has 0 spiro atoms. The van der Waals surface area contributed by atoms with Crippen molar-refractivity contribution in [3.05, 3.63) is 26.5 Å². The molecular weight excluding hydrogens is 276 g/mol. The fraction of sp³-hybridized carbons (Fsp3) is 0.632. The predicted octanol–water partition coefficient (Wildman–Crippen LogP) is 5.81. The highest BCUT2D eigenvalue weighted by atomic mass is 32.1. The van der Waals surface area contributed by atoms with Gasteiger partial charge in [0.05, 0.1) is 0 Å².